The second kappa shape index (κ2) is 3.66. The zero-order chi connectivity index (χ0) is 11.8. The quantitative estimate of drug-likeness (QED) is 0.858. The van der Waals surface area contributed by atoms with Crippen molar-refractivity contribution in [3.8, 4) is 0 Å². The van der Waals surface area contributed by atoms with E-state index in [1.54, 1.807) is 12.1 Å². The van der Waals surface area contributed by atoms with Gasteiger partial charge in [0, 0.05) is 12.7 Å². The van der Waals surface area contributed by atoms with Crippen molar-refractivity contribution in [2.75, 3.05) is 5.73 Å². The zero-order valence-electron chi connectivity index (χ0n) is 8.20. The summed E-state index contributed by atoms with van der Waals surface area (Å²) in [7, 11) is 0. The molecule has 2 rings (SSSR count). The molecule has 0 aliphatic heterocycles. The Hall–Kier alpha value is -1.79. The molecule has 2 heterocycles. The molecule has 0 bridgehead atoms. The van der Waals surface area contributed by atoms with Crippen LogP contribution in [0.5, 0.6) is 0 Å². The summed E-state index contributed by atoms with van der Waals surface area (Å²) in [6.07, 6.45) is -3.66. The monoisotopic (exact) mass is 230 g/mol. The third-order valence-electron chi connectivity index (χ3n) is 2.15. The molecule has 0 aliphatic rings. The summed E-state index contributed by atoms with van der Waals surface area (Å²) in [6.45, 7) is -0.261. The minimum atomic E-state index is -4.21. The molecule has 0 spiro atoms. The van der Waals surface area contributed by atoms with Crippen LogP contribution in [0.3, 0.4) is 0 Å². The van der Waals surface area contributed by atoms with Gasteiger partial charge in [0.25, 0.3) is 0 Å². The Bertz CT molecular complexity index is 503. The van der Waals surface area contributed by atoms with E-state index < -0.39 is 12.6 Å². The number of imidazole rings is 1. The number of fused-ring (bicyclic) bond motifs is 1. The molecule has 0 saturated heterocycles. The van der Waals surface area contributed by atoms with Crippen LogP contribution in [0.25, 0.3) is 11.2 Å². The average molecular weight is 230 g/mol. The second-order valence-corrected chi connectivity index (χ2v) is 3.33. The number of hydrogen-bond acceptors (Lipinski definition) is 3. The fourth-order valence-electron chi connectivity index (χ4n) is 1.44. The van der Waals surface area contributed by atoms with E-state index in [1.807, 2.05) is 0 Å². The average Bonchev–Trinajstić information content (AvgIpc) is 2.49. The number of rotatable bonds is 2. The van der Waals surface area contributed by atoms with Crippen molar-refractivity contribution in [3.05, 3.63) is 18.3 Å². The molecular formula is C9H9F3N4. The number of aromatic nitrogens is 3. The first kappa shape index (κ1) is 10.7. The molecule has 16 heavy (non-hydrogen) atoms. The molecule has 0 aromatic carbocycles. The van der Waals surface area contributed by atoms with Crippen LogP contribution in [0.1, 0.15) is 6.42 Å². The number of nitrogens with zero attached hydrogens (tertiary/aromatic N) is 3. The molecule has 4 nitrogen and oxygen atoms in total. The van der Waals surface area contributed by atoms with Crippen LogP contribution in [0.4, 0.5) is 19.1 Å². The lowest BCUT2D eigenvalue weighted by atomic mass is 10.4. The highest BCUT2D eigenvalue weighted by Crippen LogP contribution is 2.23. The molecule has 86 valence electrons. The first-order valence-electron chi connectivity index (χ1n) is 4.61. The minimum Gasteiger partial charge on any atom is -0.369 e. The SMILES string of the molecule is Nc1nc2cccnc2n1CCC(F)(F)F. The normalized spacial score (nSPS) is 12.2. The lowest BCUT2D eigenvalue weighted by molar-refractivity contribution is -0.136. The van der Waals surface area contributed by atoms with E-state index in [0.717, 1.165) is 0 Å². The zero-order valence-corrected chi connectivity index (χ0v) is 8.20. The predicted octanol–water partition coefficient (Wildman–Crippen LogP) is 1.97. The summed E-state index contributed by atoms with van der Waals surface area (Å²) in [5.41, 5.74) is 6.41. The smallest absolute Gasteiger partial charge is 0.369 e. The number of anilines is 1. The van der Waals surface area contributed by atoms with Gasteiger partial charge in [-0.15, -0.1) is 0 Å². The molecule has 0 fully saturated rings. The Morgan fingerprint density at radius 2 is 2.12 bits per heavy atom. The van der Waals surface area contributed by atoms with Gasteiger partial charge in [-0.3, -0.25) is 4.57 Å². The fourth-order valence-corrected chi connectivity index (χ4v) is 1.44. The van der Waals surface area contributed by atoms with Crippen LogP contribution in [0.15, 0.2) is 18.3 Å². The first-order valence-corrected chi connectivity index (χ1v) is 4.61. The van der Waals surface area contributed by atoms with Crippen molar-refractivity contribution in [2.45, 2.75) is 19.1 Å². The molecule has 2 aromatic heterocycles. The Balaban J connectivity index is 2.33. The molecule has 0 aliphatic carbocycles. The first-order chi connectivity index (χ1) is 7.47. The number of alkyl halides is 3. The summed E-state index contributed by atoms with van der Waals surface area (Å²) in [5, 5.41) is 0. The van der Waals surface area contributed by atoms with Crippen LogP contribution in [-0.4, -0.2) is 20.7 Å². The highest BCUT2D eigenvalue weighted by Gasteiger charge is 2.27. The van der Waals surface area contributed by atoms with Gasteiger partial charge in [-0.25, -0.2) is 9.97 Å². The third-order valence-corrected chi connectivity index (χ3v) is 2.15. The predicted molar refractivity (Wildman–Crippen MR) is 52.6 cm³/mol. The van der Waals surface area contributed by atoms with Crippen LogP contribution in [0.2, 0.25) is 0 Å². The molecule has 0 radical (unpaired) electrons. The van der Waals surface area contributed by atoms with E-state index in [9.17, 15) is 13.2 Å². The van der Waals surface area contributed by atoms with Gasteiger partial charge in [0.05, 0.1) is 6.42 Å². The molecule has 0 atom stereocenters. The summed E-state index contributed by atoms with van der Waals surface area (Å²) in [4.78, 5) is 7.88. The number of pyridine rings is 1. The van der Waals surface area contributed by atoms with Gasteiger partial charge in [0.2, 0.25) is 5.95 Å². The van der Waals surface area contributed by atoms with Crippen molar-refractivity contribution in [1.82, 2.24) is 14.5 Å². The summed E-state index contributed by atoms with van der Waals surface area (Å²) < 4.78 is 37.5. The van der Waals surface area contributed by atoms with Gasteiger partial charge in [0.15, 0.2) is 5.65 Å². The van der Waals surface area contributed by atoms with Crippen molar-refractivity contribution in [3.63, 3.8) is 0 Å². The van der Waals surface area contributed by atoms with Gasteiger partial charge in [-0.05, 0) is 12.1 Å². The number of hydrogen-bond donors (Lipinski definition) is 1. The van der Waals surface area contributed by atoms with E-state index in [0.29, 0.717) is 11.2 Å². The molecule has 7 heteroatoms. The van der Waals surface area contributed by atoms with Crippen molar-refractivity contribution in [2.24, 2.45) is 0 Å². The summed E-state index contributed by atoms with van der Waals surface area (Å²) in [6, 6.07) is 3.31. The van der Waals surface area contributed by atoms with Gasteiger partial charge in [-0.1, -0.05) is 0 Å². The van der Waals surface area contributed by atoms with E-state index in [1.165, 1.54) is 10.8 Å². The fraction of sp³-hybridized carbons (Fsp3) is 0.333. The highest BCUT2D eigenvalue weighted by atomic mass is 19.4. The maximum Gasteiger partial charge on any atom is 0.390 e. The van der Waals surface area contributed by atoms with Crippen LogP contribution in [0, 0.1) is 0 Å². The molecule has 0 unspecified atom stereocenters. The topological polar surface area (TPSA) is 56.7 Å². The number of halogens is 3. The van der Waals surface area contributed by atoms with Crippen molar-refractivity contribution >= 4 is 17.1 Å². The van der Waals surface area contributed by atoms with Gasteiger partial charge in [-0.2, -0.15) is 13.2 Å². The third kappa shape index (κ3) is 2.07. The van der Waals surface area contributed by atoms with E-state index in [-0.39, 0.29) is 12.5 Å². The molecule has 0 saturated carbocycles. The Kier molecular flexibility index (Phi) is 2.45. The summed E-state index contributed by atoms with van der Waals surface area (Å²) >= 11 is 0. The highest BCUT2D eigenvalue weighted by molar-refractivity contribution is 5.73. The molecular weight excluding hydrogens is 221 g/mol. The Morgan fingerprint density at radius 1 is 1.38 bits per heavy atom. The van der Waals surface area contributed by atoms with Crippen LogP contribution in [-0.2, 0) is 6.54 Å². The molecule has 2 N–H and O–H groups in total. The number of aryl methyl sites for hydroxylation is 1. The minimum absolute atomic E-state index is 0.0537. The van der Waals surface area contributed by atoms with Gasteiger partial charge in [0.1, 0.15) is 5.52 Å². The second-order valence-electron chi connectivity index (χ2n) is 3.33. The number of nitrogen functional groups attached to an aromatic ring is 1. The largest absolute Gasteiger partial charge is 0.390 e. The Morgan fingerprint density at radius 3 is 2.81 bits per heavy atom. The summed E-state index contributed by atoms with van der Waals surface area (Å²) in [5.74, 6) is 0.0537. The molecule has 0 amide bonds. The van der Waals surface area contributed by atoms with Crippen LogP contribution < -0.4 is 5.73 Å². The van der Waals surface area contributed by atoms with Crippen molar-refractivity contribution < 1.29 is 13.2 Å². The van der Waals surface area contributed by atoms with E-state index in [2.05, 4.69) is 9.97 Å². The van der Waals surface area contributed by atoms with Crippen molar-refractivity contribution in [1.29, 1.82) is 0 Å². The van der Waals surface area contributed by atoms with E-state index in [4.69, 9.17) is 5.73 Å². The van der Waals surface area contributed by atoms with Gasteiger partial charge < -0.3 is 5.73 Å². The maximum absolute atomic E-state index is 12.1. The van der Waals surface area contributed by atoms with Crippen LogP contribution >= 0.6 is 0 Å². The number of nitrogens with two attached hydrogens (primary N) is 1. The lowest BCUT2D eigenvalue weighted by Gasteiger charge is -2.08. The standard InChI is InChI=1S/C9H9F3N4/c10-9(11,12)3-5-16-7-6(15-8(16)13)2-1-4-14-7/h1-2,4H,3,5H2,(H2,13,15). The molecule has 2 aromatic rings. The van der Waals surface area contributed by atoms with E-state index >= 15 is 0 Å². The Labute approximate surface area is 88.9 Å². The van der Waals surface area contributed by atoms with Gasteiger partial charge >= 0.3 is 6.18 Å². The maximum atomic E-state index is 12.1. The lowest BCUT2D eigenvalue weighted by Crippen LogP contribution is -2.13.